The van der Waals surface area contributed by atoms with Gasteiger partial charge in [-0.1, -0.05) is 12.1 Å². The molecule has 4 nitrogen and oxygen atoms in total. The van der Waals surface area contributed by atoms with Crippen LogP contribution < -0.4 is 10.3 Å². The van der Waals surface area contributed by atoms with E-state index < -0.39 is 0 Å². The van der Waals surface area contributed by atoms with Crippen molar-refractivity contribution in [2.45, 2.75) is 6.54 Å². The average molecular weight is 295 g/mol. The molecule has 0 fully saturated rings. The summed E-state index contributed by atoms with van der Waals surface area (Å²) in [5, 5.41) is 0. The Labute approximate surface area is 107 Å². The maximum Gasteiger partial charge on any atom is 0.267 e. The first-order valence-electron chi connectivity index (χ1n) is 5.03. The SMILES string of the molecule is COc1cccc(Cn2cncc(Br)c2=O)c1. The summed E-state index contributed by atoms with van der Waals surface area (Å²) < 4.78 is 7.14. The number of halogens is 1. The maximum atomic E-state index is 11.8. The highest BCUT2D eigenvalue weighted by molar-refractivity contribution is 9.10. The number of benzene rings is 1. The van der Waals surface area contributed by atoms with Gasteiger partial charge in [-0.3, -0.25) is 9.36 Å². The van der Waals surface area contributed by atoms with Crippen molar-refractivity contribution in [2.24, 2.45) is 0 Å². The molecule has 0 unspecified atom stereocenters. The summed E-state index contributed by atoms with van der Waals surface area (Å²) in [6.45, 7) is 0.475. The van der Waals surface area contributed by atoms with Crippen LogP contribution in [0.5, 0.6) is 5.75 Å². The van der Waals surface area contributed by atoms with E-state index in [2.05, 4.69) is 20.9 Å². The van der Waals surface area contributed by atoms with Crippen molar-refractivity contribution in [3.05, 3.63) is 57.2 Å². The molecule has 2 aromatic rings. The van der Waals surface area contributed by atoms with Gasteiger partial charge in [0.15, 0.2) is 0 Å². The number of hydrogen-bond donors (Lipinski definition) is 0. The molecule has 0 aliphatic heterocycles. The molecule has 0 aliphatic carbocycles. The summed E-state index contributed by atoms with van der Waals surface area (Å²) in [7, 11) is 1.62. The van der Waals surface area contributed by atoms with Crippen molar-refractivity contribution >= 4 is 15.9 Å². The molecule has 5 heteroatoms. The molecule has 1 aromatic carbocycles. The molecule has 0 atom stereocenters. The summed E-state index contributed by atoms with van der Waals surface area (Å²) >= 11 is 3.17. The highest BCUT2D eigenvalue weighted by Crippen LogP contribution is 2.13. The van der Waals surface area contributed by atoms with Crippen molar-refractivity contribution < 1.29 is 4.74 Å². The van der Waals surface area contributed by atoms with Gasteiger partial charge in [-0.2, -0.15) is 0 Å². The molecule has 0 bridgehead atoms. The predicted molar refractivity (Wildman–Crippen MR) is 68.3 cm³/mol. The van der Waals surface area contributed by atoms with Gasteiger partial charge in [-0.15, -0.1) is 0 Å². The third kappa shape index (κ3) is 2.74. The third-order valence-electron chi connectivity index (χ3n) is 2.35. The monoisotopic (exact) mass is 294 g/mol. The molecule has 17 heavy (non-hydrogen) atoms. The lowest BCUT2D eigenvalue weighted by atomic mass is 10.2. The van der Waals surface area contributed by atoms with Gasteiger partial charge in [0.2, 0.25) is 0 Å². The van der Waals surface area contributed by atoms with Crippen molar-refractivity contribution in [3.63, 3.8) is 0 Å². The zero-order chi connectivity index (χ0) is 12.3. The Hall–Kier alpha value is -1.62. The first-order chi connectivity index (χ1) is 8.20. The first kappa shape index (κ1) is 11.9. The van der Waals surface area contributed by atoms with Gasteiger partial charge in [0.05, 0.1) is 20.0 Å². The van der Waals surface area contributed by atoms with E-state index in [9.17, 15) is 4.79 Å². The molecule has 0 radical (unpaired) electrons. The van der Waals surface area contributed by atoms with Crippen LogP contribution >= 0.6 is 15.9 Å². The van der Waals surface area contributed by atoms with Crippen LogP contribution in [0.4, 0.5) is 0 Å². The van der Waals surface area contributed by atoms with E-state index >= 15 is 0 Å². The van der Waals surface area contributed by atoms with Gasteiger partial charge in [0, 0.05) is 6.20 Å². The Bertz CT molecular complexity index is 581. The van der Waals surface area contributed by atoms with Crippen molar-refractivity contribution in [1.82, 2.24) is 9.55 Å². The Balaban J connectivity index is 2.31. The summed E-state index contributed by atoms with van der Waals surface area (Å²) in [6.07, 6.45) is 3.01. The zero-order valence-corrected chi connectivity index (χ0v) is 10.8. The fourth-order valence-corrected chi connectivity index (χ4v) is 1.85. The lowest BCUT2D eigenvalue weighted by molar-refractivity contribution is 0.414. The quantitative estimate of drug-likeness (QED) is 0.870. The van der Waals surface area contributed by atoms with Gasteiger partial charge in [0.1, 0.15) is 10.2 Å². The molecular weight excluding hydrogens is 284 g/mol. The van der Waals surface area contributed by atoms with Crippen LogP contribution in [0.25, 0.3) is 0 Å². The Kier molecular flexibility index (Phi) is 3.58. The summed E-state index contributed by atoms with van der Waals surface area (Å²) in [5.74, 6) is 0.776. The number of methoxy groups -OCH3 is 1. The van der Waals surface area contributed by atoms with Crippen LogP contribution in [0.1, 0.15) is 5.56 Å². The van der Waals surface area contributed by atoms with Crippen LogP contribution in [0.2, 0.25) is 0 Å². The fourth-order valence-electron chi connectivity index (χ4n) is 1.50. The third-order valence-corrected chi connectivity index (χ3v) is 2.89. The van der Waals surface area contributed by atoms with E-state index in [1.807, 2.05) is 24.3 Å². The van der Waals surface area contributed by atoms with Gasteiger partial charge in [0.25, 0.3) is 5.56 Å². The van der Waals surface area contributed by atoms with Crippen molar-refractivity contribution in [3.8, 4) is 5.75 Å². The standard InChI is InChI=1S/C12H11BrN2O2/c1-17-10-4-2-3-9(5-10)7-15-8-14-6-11(13)12(15)16/h2-6,8H,7H2,1H3. The summed E-state index contributed by atoms with van der Waals surface area (Å²) in [6, 6.07) is 7.60. The molecule has 1 aromatic heterocycles. The minimum atomic E-state index is -0.0946. The first-order valence-corrected chi connectivity index (χ1v) is 5.83. The summed E-state index contributed by atoms with van der Waals surface area (Å²) in [4.78, 5) is 15.7. The molecule has 1 heterocycles. The second-order valence-electron chi connectivity index (χ2n) is 3.53. The predicted octanol–water partition coefficient (Wildman–Crippen LogP) is 2.06. The van der Waals surface area contributed by atoms with Gasteiger partial charge < -0.3 is 4.74 Å². The van der Waals surface area contributed by atoms with Crippen molar-refractivity contribution in [2.75, 3.05) is 7.11 Å². The van der Waals surface area contributed by atoms with Crippen LogP contribution in [-0.4, -0.2) is 16.7 Å². The smallest absolute Gasteiger partial charge is 0.267 e. The molecular formula is C12H11BrN2O2. The normalized spacial score (nSPS) is 10.2. The number of ether oxygens (including phenoxy) is 1. The molecule has 0 amide bonds. The highest BCUT2D eigenvalue weighted by atomic mass is 79.9. The maximum absolute atomic E-state index is 11.8. The molecule has 0 N–H and O–H groups in total. The minimum Gasteiger partial charge on any atom is -0.497 e. The van der Waals surface area contributed by atoms with Crippen molar-refractivity contribution in [1.29, 1.82) is 0 Å². The number of rotatable bonds is 3. The lowest BCUT2D eigenvalue weighted by Gasteiger charge is -2.07. The van der Waals surface area contributed by atoms with E-state index in [4.69, 9.17) is 4.74 Å². The Morgan fingerprint density at radius 3 is 3.06 bits per heavy atom. The van der Waals surface area contributed by atoms with Crippen LogP contribution in [-0.2, 0) is 6.54 Å². The lowest BCUT2D eigenvalue weighted by Crippen LogP contribution is -2.21. The Morgan fingerprint density at radius 2 is 2.29 bits per heavy atom. The zero-order valence-electron chi connectivity index (χ0n) is 9.26. The largest absolute Gasteiger partial charge is 0.497 e. The second-order valence-corrected chi connectivity index (χ2v) is 4.38. The fraction of sp³-hybridized carbons (Fsp3) is 0.167. The molecule has 0 saturated carbocycles. The molecule has 0 spiro atoms. The van der Waals surface area contributed by atoms with E-state index in [1.165, 1.54) is 12.5 Å². The van der Waals surface area contributed by atoms with Gasteiger partial charge in [-0.05, 0) is 33.6 Å². The van der Waals surface area contributed by atoms with E-state index in [0.717, 1.165) is 11.3 Å². The molecule has 0 aliphatic rings. The summed E-state index contributed by atoms with van der Waals surface area (Å²) in [5.41, 5.74) is 0.897. The second kappa shape index (κ2) is 5.14. The topological polar surface area (TPSA) is 44.1 Å². The number of hydrogen-bond acceptors (Lipinski definition) is 3. The van der Waals surface area contributed by atoms with Gasteiger partial charge in [-0.25, -0.2) is 4.98 Å². The van der Waals surface area contributed by atoms with E-state index in [-0.39, 0.29) is 5.56 Å². The molecule has 2 rings (SSSR count). The number of nitrogens with zero attached hydrogens (tertiary/aromatic N) is 2. The minimum absolute atomic E-state index is 0.0946. The number of aromatic nitrogens is 2. The van der Waals surface area contributed by atoms with E-state index in [1.54, 1.807) is 11.7 Å². The van der Waals surface area contributed by atoms with Gasteiger partial charge >= 0.3 is 0 Å². The molecule has 88 valence electrons. The Morgan fingerprint density at radius 1 is 1.47 bits per heavy atom. The molecule has 0 saturated heterocycles. The average Bonchev–Trinajstić information content (AvgIpc) is 2.35. The van der Waals surface area contributed by atoms with Crippen LogP contribution in [0, 0.1) is 0 Å². The van der Waals surface area contributed by atoms with Crippen LogP contribution in [0.15, 0.2) is 46.1 Å². The van der Waals surface area contributed by atoms with Crippen LogP contribution in [0.3, 0.4) is 0 Å². The van der Waals surface area contributed by atoms with E-state index in [0.29, 0.717) is 11.0 Å². The highest BCUT2D eigenvalue weighted by Gasteiger charge is 2.02.